The molecule has 5 aromatic rings. The summed E-state index contributed by atoms with van der Waals surface area (Å²) >= 11 is 0. The zero-order chi connectivity index (χ0) is 24.6. The summed E-state index contributed by atoms with van der Waals surface area (Å²) in [6.45, 7) is 0. The monoisotopic (exact) mass is 484 g/mol. The molecule has 0 aliphatic carbocycles. The van der Waals surface area contributed by atoms with Crippen molar-refractivity contribution < 1.29 is 8.42 Å². The number of aromatic nitrogens is 4. The van der Waals surface area contributed by atoms with E-state index < -0.39 is 10.0 Å². The molecule has 3 heterocycles. The lowest BCUT2D eigenvalue weighted by Crippen LogP contribution is -2.11. The minimum Gasteiger partial charge on any atom is -0.384 e. The zero-order valence-electron chi connectivity index (χ0n) is 18.3. The molecular weight excluding hydrogens is 464 g/mol. The minimum atomic E-state index is -3.78. The molecule has 5 rings (SSSR count). The number of primary sulfonamides is 1. The Morgan fingerprint density at radius 1 is 0.714 bits per heavy atom. The molecule has 0 spiro atoms. The lowest BCUT2D eigenvalue weighted by Gasteiger charge is -2.14. The molecule has 7 N–H and O–H groups in total. The fourth-order valence-electron chi connectivity index (χ4n) is 3.67. The first-order chi connectivity index (χ1) is 16.8. The normalized spacial score (nSPS) is 11.5. The molecule has 35 heavy (non-hydrogen) atoms. The number of anilines is 4. The van der Waals surface area contributed by atoms with E-state index in [0.717, 1.165) is 27.6 Å². The van der Waals surface area contributed by atoms with E-state index in [1.165, 1.54) is 12.1 Å². The number of sulfonamides is 1. The van der Waals surface area contributed by atoms with Gasteiger partial charge >= 0.3 is 0 Å². The molecule has 0 aliphatic heterocycles. The van der Waals surface area contributed by atoms with Gasteiger partial charge in [-0.15, -0.1) is 0 Å². The Balaban J connectivity index is 1.64. The predicted octanol–water partition coefficient (Wildman–Crippen LogP) is 3.31. The molecule has 3 aromatic heterocycles. The lowest BCUT2D eigenvalue weighted by molar-refractivity contribution is 0.598. The van der Waals surface area contributed by atoms with Crippen molar-refractivity contribution in [3.63, 3.8) is 0 Å². The van der Waals surface area contributed by atoms with E-state index in [-0.39, 0.29) is 4.90 Å². The smallest absolute Gasteiger partial charge is 0.238 e. The molecule has 0 saturated carbocycles. The maximum Gasteiger partial charge on any atom is 0.238 e. The van der Waals surface area contributed by atoms with E-state index in [4.69, 9.17) is 21.6 Å². The van der Waals surface area contributed by atoms with Crippen LogP contribution in [0.25, 0.3) is 33.2 Å². The van der Waals surface area contributed by atoms with Crippen molar-refractivity contribution in [2.45, 2.75) is 4.90 Å². The predicted molar refractivity (Wildman–Crippen MR) is 136 cm³/mol. The van der Waals surface area contributed by atoms with Gasteiger partial charge in [0, 0.05) is 46.4 Å². The van der Waals surface area contributed by atoms with Crippen molar-refractivity contribution in [3.05, 3.63) is 79.3 Å². The molecule has 0 amide bonds. The van der Waals surface area contributed by atoms with Crippen LogP contribution in [-0.2, 0) is 10.0 Å². The average Bonchev–Trinajstić information content (AvgIpc) is 2.84. The van der Waals surface area contributed by atoms with Crippen LogP contribution in [0.15, 0.2) is 84.1 Å². The topological polar surface area (TPSA) is 176 Å². The van der Waals surface area contributed by atoms with E-state index >= 15 is 0 Å². The highest BCUT2D eigenvalue weighted by atomic mass is 32.2. The number of hydrogen-bond acceptors (Lipinski definition) is 9. The summed E-state index contributed by atoms with van der Waals surface area (Å²) in [7, 11) is -3.78. The van der Waals surface area contributed by atoms with Crippen LogP contribution in [-0.4, -0.2) is 28.4 Å². The van der Waals surface area contributed by atoms with Gasteiger partial charge in [0.15, 0.2) is 0 Å². The van der Waals surface area contributed by atoms with Crippen molar-refractivity contribution in [2.75, 3.05) is 16.8 Å². The van der Waals surface area contributed by atoms with Gasteiger partial charge in [0.05, 0.1) is 10.4 Å². The number of fused-ring (bicyclic) bond motifs is 1. The Bertz CT molecular complexity index is 1640. The Morgan fingerprint density at radius 3 is 1.97 bits per heavy atom. The van der Waals surface area contributed by atoms with E-state index in [9.17, 15) is 8.42 Å². The first kappa shape index (κ1) is 22.2. The van der Waals surface area contributed by atoms with Crippen LogP contribution >= 0.6 is 0 Å². The molecule has 10 nitrogen and oxygen atoms in total. The van der Waals surface area contributed by atoms with Crippen LogP contribution in [0.4, 0.5) is 23.3 Å². The molecule has 0 atom stereocenters. The highest BCUT2D eigenvalue weighted by Gasteiger charge is 2.15. The van der Waals surface area contributed by atoms with Crippen LogP contribution in [0.1, 0.15) is 0 Å². The molecule has 0 bridgehead atoms. The second kappa shape index (κ2) is 8.63. The van der Waals surface area contributed by atoms with Gasteiger partial charge < -0.3 is 16.8 Å². The number of rotatable bonds is 5. The highest BCUT2D eigenvalue weighted by Crippen LogP contribution is 2.37. The van der Waals surface area contributed by atoms with Gasteiger partial charge in [0.25, 0.3) is 0 Å². The average molecular weight is 485 g/mol. The minimum absolute atomic E-state index is 0.0161. The molecule has 174 valence electrons. The third-order valence-corrected chi connectivity index (χ3v) is 6.29. The van der Waals surface area contributed by atoms with E-state index in [1.54, 1.807) is 42.9 Å². The fraction of sp³-hybridized carbons (Fsp3) is 0. The SMILES string of the molecule is Nc1ccc(-c2ccc3cnc(Nc4ccc(S(N)(=O)=O)cc4)nc3c2-c2ccc(N)nc2)cn1. The van der Waals surface area contributed by atoms with Crippen LogP contribution in [0.2, 0.25) is 0 Å². The maximum atomic E-state index is 11.5. The maximum absolute atomic E-state index is 11.5. The number of pyridine rings is 2. The molecular formula is C24H20N8O2S. The molecule has 0 aliphatic rings. The summed E-state index contributed by atoms with van der Waals surface area (Å²) in [5.41, 5.74) is 16.3. The Hall–Kier alpha value is -4.61. The van der Waals surface area contributed by atoms with Gasteiger partial charge in [-0.2, -0.15) is 0 Å². The number of hydrogen-bond donors (Lipinski definition) is 4. The van der Waals surface area contributed by atoms with Crippen molar-refractivity contribution in [3.8, 4) is 22.3 Å². The third-order valence-electron chi connectivity index (χ3n) is 5.36. The van der Waals surface area contributed by atoms with Gasteiger partial charge in [-0.3, -0.25) is 0 Å². The summed E-state index contributed by atoms with van der Waals surface area (Å²) in [4.78, 5) is 17.7. The highest BCUT2D eigenvalue weighted by molar-refractivity contribution is 7.89. The third kappa shape index (κ3) is 4.58. The molecule has 0 unspecified atom stereocenters. The van der Waals surface area contributed by atoms with Crippen molar-refractivity contribution in [2.24, 2.45) is 5.14 Å². The summed E-state index contributed by atoms with van der Waals surface area (Å²) in [5.74, 6) is 1.16. The number of benzene rings is 2. The number of nitrogens with two attached hydrogens (primary N) is 3. The number of nitrogen functional groups attached to an aromatic ring is 2. The van der Waals surface area contributed by atoms with Crippen molar-refractivity contribution in [1.29, 1.82) is 0 Å². The van der Waals surface area contributed by atoms with Gasteiger partial charge in [-0.05, 0) is 54.1 Å². The van der Waals surface area contributed by atoms with Gasteiger partial charge in [-0.25, -0.2) is 33.5 Å². The van der Waals surface area contributed by atoms with Gasteiger partial charge in [0.1, 0.15) is 11.6 Å². The molecule has 0 radical (unpaired) electrons. The van der Waals surface area contributed by atoms with Crippen LogP contribution in [0.5, 0.6) is 0 Å². The van der Waals surface area contributed by atoms with Gasteiger partial charge in [-0.1, -0.05) is 12.1 Å². The first-order valence-electron chi connectivity index (χ1n) is 10.4. The quantitative estimate of drug-likeness (QED) is 0.291. The van der Waals surface area contributed by atoms with E-state index in [0.29, 0.717) is 28.8 Å². The van der Waals surface area contributed by atoms with Gasteiger partial charge in [0.2, 0.25) is 16.0 Å². The standard InChI is InChI=1S/C24H20N8O2S/c25-20-9-2-14(11-28-20)19-8-1-16-13-30-24(31-17-4-6-18(7-5-17)35(27,33)34)32-23(16)22(19)15-3-10-21(26)29-12-15/h1-13H,(H2,25,28)(H2,26,29)(H2,27,33,34)(H,30,31,32). The Morgan fingerprint density at radius 2 is 1.37 bits per heavy atom. The molecule has 11 heteroatoms. The van der Waals surface area contributed by atoms with Crippen molar-refractivity contribution in [1.82, 2.24) is 19.9 Å². The molecule has 0 saturated heterocycles. The van der Waals surface area contributed by atoms with Crippen LogP contribution in [0.3, 0.4) is 0 Å². The summed E-state index contributed by atoms with van der Waals surface area (Å²) < 4.78 is 23.0. The van der Waals surface area contributed by atoms with Crippen molar-refractivity contribution >= 4 is 44.2 Å². The first-order valence-corrected chi connectivity index (χ1v) is 12.0. The second-order valence-corrected chi connectivity index (χ2v) is 9.32. The largest absolute Gasteiger partial charge is 0.384 e. The Labute approximate surface area is 200 Å². The Kier molecular flexibility index (Phi) is 5.47. The lowest BCUT2D eigenvalue weighted by atomic mass is 9.94. The van der Waals surface area contributed by atoms with E-state index in [2.05, 4.69) is 20.3 Å². The second-order valence-electron chi connectivity index (χ2n) is 7.76. The summed E-state index contributed by atoms with van der Waals surface area (Å²) in [6, 6.07) is 17.2. The summed E-state index contributed by atoms with van der Waals surface area (Å²) in [5, 5.41) is 9.10. The number of nitrogens with zero attached hydrogens (tertiary/aromatic N) is 4. The van der Waals surface area contributed by atoms with Crippen LogP contribution < -0.4 is 21.9 Å². The molecule has 2 aromatic carbocycles. The van der Waals surface area contributed by atoms with E-state index in [1.807, 2.05) is 24.3 Å². The number of nitrogens with one attached hydrogen (secondary N) is 1. The summed E-state index contributed by atoms with van der Waals surface area (Å²) in [6.07, 6.45) is 5.11. The van der Waals surface area contributed by atoms with Crippen LogP contribution in [0, 0.1) is 0 Å². The fourth-order valence-corrected chi connectivity index (χ4v) is 4.18. The molecule has 0 fully saturated rings. The zero-order valence-corrected chi connectivity index (χ0v) is 19.1.